The standard InChI is InChI=1S/C18H20N6O3/c1-11-10-15(16(21-20-11)18(25)23-27-4)19-14-7-5-6-12(17(14)26-3)13-8-9-24(2)22-13/h5-10H,1-4H3,(H,19,20)(H,23,25). The van der Waals surface area contributed by atoms with Crippen LogP contribution in [0.15, 0.2) is 36.5 Å². The van der Waals surface area contributed by atoms with E-state index in [0.717, 1.165) is 11.3 Å². The van der Waals surface area contributed by atoms with Gasteiger partial charge >= 0.3 is 0 Å². The molecule has 27 heavy (non-hydrogen) atoms. The average Bonchev–Trinajstić information content (AvgIpc) is 3.08. The number of nitrogens with zero attached hydrogens (tertiary/aromatic N) is 4. The Morgan fingerprint density at radius 2 is 1.96 bits per heavy atom. The lowest BCUT2D eigenvalue weighted by molar-refractivity contribution is 0.0532. The van der Waals surface area contributed by atoms with E-state index in [1.54, 1.807) is 24.8 Å². The van der Waals surface area contributed by atoms with E-state index in [-0.39, 0.29) is 5.69 Å². The van der Waals surface area contributed by atoms with E-state index in [4.69, 9.17) is 4.74 Å². The van der Waals surface area contributed by atoms with Crippen LogP contribution in [-0.2, 0) is 11.9 Å². The van der Waals surface area contributed by atoms with Gasteiger partial charge in [-0.15, -0.1) is 5.10 Å². The summed E-state index contributed by atoms with van der Waals surface area (Å²) in [6.07, 6.45) is 1.86. The van der Waals surface area contributed by atoms with E-state index in [1.165, 1.54) is 7.11 Å². The number of rotatable bonds is 6. The number of carbonyl (C=O) groups excluding carboxylic acids is 1. The number of aromatic nitrogens is 4. The van der Waals surface area contributed by atoms with E-state index in [9.17, 15) is 4.79 Å². The maximum Gasteiger partial charge on any atom is 0.297 e. The molecule has 0 aliphatic heterocycles. The summed E-state index contributed by atoms with van der Waals surface area (Å²) in [5, 5.41) is 15.6. The number of methoxy groups -OCH3 is 1. The average molecular weight is 368 g/mol. The molecule has 2 heterocycles. The number of para-hydroxylation sites is 1. The Hall–Kier alpha value is -3.46. The first-order chi connectivity index (χ1) is 13.0. The molecule has 0 saturated carbocycles. The van der Waals surface area contributed by atoms with E-state index >= 15 is 0 Å². The fourth-order valence-corrected chi connectivity index (χ4v) is 2.65. The molecule has 3 aromatic rings. The first-order valence-corrected chi connectivity index (χ1v) is 8.15. The highest BCUT2D eigenvalue weighted by atomic mass is 16.6. The Bertz CT molecular complexity index is 969. The smallest absolute Gasteiger partial charge is 0.297 e. The molecule has 1 amide bonds. The molecule has 0 spiro atoms. The predicted octanol–water partition coefficient (Wildman–Crippen LogP) is 2.23. The highest BCUT2D eigenvalue weighted by Gasteiger charge is 2.18. The zero-order valence-corrected chi connectivity index (χ0v) is 15.5. The molecule has 0 aliphatic carbocycles. The number of aryl methyl sites for hydroxylation is 2. The van der Waals surface area contributed by atoms with Crippen LogP contribution in [0.3, 0.4) is 0 Å². The summed E-state index contributed by atoms with van der Waals surface area (Å²) in [5.74, 6) is 0.0936. The van der Waals surface area contributed by atoms with Crippen LogP contribution in [-0.4, -0.2) is 40.1 Å². The van der Waals surface area contributed by atoms with Gasteiger partial charge in [0.2, 0.25) is 0 Å². The van der Waals surface area contributed by atoms with Crippen LogP contribution in [0.4, 0.5) is 11.4 Å². The summed E-state index contributed by atoms with van der Waals surface area (Å²) < 4.78 is 7.34. The molecule has 3 rings (SSSR count). The SMILES string of the molecule is CONC(=O)c1nnc(C)cc1Nc1cccc(-c2ccn(C)n2)c1OC. The normalized spacial score (nSPS) is 10.5. The van der Waals surface area contributed by atoms with Crippen molar-refractivity contribution in [3.05, 3.63) is 47.9 Å². The van der Waals surface area contributed by atoms with E-state index < -0.39 is 5.91 Å². The number of carbonyl (C=O) groups is 1. The highest BCUT2D eigenvalue weighted by molar-refractivity contribution is 5.98. The van der Waals surface area contributed by atoms with Gasteiger partial charge in [-0.3, -0.25) is 14.3 Å². The van der Waals surface area contributed by atoms with Crippen LogP contribution < -0.4 is 15.5 Å². The van der Waals surface area contributed by atoms with Gasteiger partial charge in [0.05, 0.1) is 37.0 Å². The zero-order chi connectivity index (χ0) is 19.4. The third-order valence-electron chi connectivity index (χ3n) is 3.80. The number of anilines is 2. The molecule has 9 nitrogen and oxygen atoms in total. The second kappa shape index (κ2) is 7.83. The van der Waals surface area contributed by atoms with Gasteiger partial charge in [-0.25, -0.2) is 5.48 Å². The Kier molecular flexibility index (Phi) is 5.32. The summed E-state index contributed by atoms with van der Waals surface area (Å²) in [6.45, 7) is 1.79. The molecule has 0 bridgehead atoms. The van der Waals surface area contributed by atoms with Crippen molar-refractivity contribution in [2.24, 2.45) is 7.05 Å². The fourth-order valence-electron chi connectivity index (χ4n) is 2.65. The molecule has 0 radical (unpaired) electrons. The first kappa shape index (κ1) is 18.3. The van der Waals surface area contributed by atoms with Crippen LogP contribution in [0.2, 0.25) is 0 Å². The lowest BCUT2D eigenvalue weighted by Gasteiger charge is -2.16. The molecule has 0 aliphatic rings. The van der Waals surface area contributed by atoms with Crippen molar-refractivity contribution in [2.75, 3.05) is 19.5 Å². The molecule has 2 aromatic heterocycles. The van der Waals surface area contributed by atoms with Crippen LogP contribution >= 0.6 is 0 Å². The Labute approximate surface area is 156 Å². The van der Waals surface area contributed by atoms with Crippen molar-refractivity contribution in [2.45, 2.75) is 6.92 Å². The summed E-state index contributed by atoms with van der Waals surface area (Å²) in [5.41, 5.74) is 5.76. The Balaban J connectivity index is 2.04. The van der Waals surface area contributed by atoms with Gasteiger partial charge < -0.3 is 10.1 Å². The maximum absolute atomic E-state index is 12.2. The number of amides is 1. The van der Waals surface area contributed by atoms with Gasteiger partial charge in [-0.05, 0) is 31.2 Å². The summed E-state index contributed by atoms with van der Waals surface area (Å²) in [7, 11) is 4.79. The summed E-state index contributed by atoms with van der Waals surface area (Å²) >= 11 is 0. The van der Waals surface area contributed by atoms with E-state index in [2.05, 4.69) is 30.9 Å². The minimum Gasteiger partial charge on any atom is -0.494 e. The molecular weight excluding hydrogens is 348 g/mol. The van der Waals surface area contributed by atoms with Crippen LogP contribution in [0.1, 0.15) is 16.2 Å². The van der Waals surface area contributed by atoms with Gasteiger partial charge in [-0.2, -0.15) is 10.2 Å². The maximum atomic E-state index is 12.2. The molecule has 0 saturated heterocycles. The second-order valence-electron chi connectivity index (χ2n) is 5.77. The zero-order valence-electron chi connectivity index (χ0n) is 15.5. The lowest BCUT2D eigenvalue weighted by Crippen LogP contribution is -2.24. The fraction of sp³-hybridized carbons (Fsp3) is 0.222. The number of ether oxygens (including phenoxy) is 1. The van der Waals surface area contributed by atoms with Crippen LogP contribution in [0.5, 0.6) is 5.75 Å². The highest BCUT2D eigenvalue weighted by Crippen LogP contribution is 2.37. The molecule has 0 fully saturated rings. The summed E-state index contributed by atoms with van der Waals surface area (Å²) in [6, 6.07) is 9.27. The molecule has 2 N–H and O–H groups in total. The van der Waals surface area contributed by atoms with Crippen molar-refractivity contribution < 1.29 is 14.4 Å². The van der Waals surface area contributed by atoms with Crippen molar-refractivity contribution >= 4 is 17.3 Å². The van der Waals surface area contributed by atoms with Crippen molar-refractivity contribution in [3.63, 3.8) is 0 Å². The van der Waals surface area contributed by atoms with Gasteiger partial charge in [-0.1, -0.05) is 6.07 Å². The lowest BCUT2D eigenvalue weighted by atomic mass is 10.1. The third kappa shape index (κ3) is 3.87. The van der Waals surface area contributed by atoms with Gasteiger partial charge in [0.25, 0.3) is 5.91 Å². The largest absolute Gasteiger partial charge is 0.494 e. The number of hydrogen-bond donors (Lipinski definition) is 2. The van der Waals surface area contributed by atoms with Gasteiger partial charge in [0.1, 0.15) is 0 Å². The summed E-state index contributed by atoms with van der Waals surface area (Å²) in [4.78, 5) is 16.9. The molecule has 0 unspecified atom stereocenters. The molecule has 1 aromatic carbocycles. The second-order valence-corrected chi connectivity index (χ2v) is 5.77. The first-order valence-electron chi connectivity index (χ1n) is 8.15. The predicted molar refractivity (Wildman–Crippen MR) is 99.7 cm³/mol. The Morgan fingerprint density at radius 1 is 1.15 bits per heavy atom. The van der Waals surface area contributed by atoms with Crippen molar-refractivity contribution in [3.8, 4) is 17.0 Å². The molecule has 140 valence electrons. The van der Waals surface area contributed by atoms with Gasteiger partial charge in [0.15, 0.2) is 11.4 Å². The minimum absolute atomic E-state index is 0.104. The van der Waals surface area contributed by atoms with Crippen LogP contribution in [0, 0.1) is 6.92 Å². The van der Waals surface area contributed by atoms with Crippen molar-refractivity contribution in [1.29, 1.82) is 0 Å². The molecule has 0 atom stereocenters. The number of nitrogens with one attached hydrogen (secondary N) is 2. The third-order valence-corrected chi connectivity index (χ3v) is 3.80. The topological polar surface area (TPSA) is 103 Å². The van der Waals surface area contributed by atoms with Crippen LogP contribution in [0.25, 0.3) is 11.3 Å². The number of hydrogen-bond acceptors (Lipinski definition) is 7. The minimum atomic E-state index is -0.507. The quantitative estimate of drug-likeness (QED) is 0.643. The Morgan fingerprint density at radius 3 is 2.63 bits per heavy atom. The number of benzene rings is 1. The van der Waals surface area contributed by atoms with Crippen molar-refractivity contribution in [1.82, 2.24) is 25.5 Å². The van der Waals surface area contributed by atoms with E-state index in [1.807, 2.05) is 37.5 Å². The molecule has 9 heteroatoms. The number of hydroxylamine groups is 1. The van der Waals surface area contributed by atoms with Gasteiger partial charge in [0, 0.05) is 18.8 Å². The van der Waals surface area contributed by atoms with E-state index in [0.29, 0.717) is 22.8 Å². The monoisotopic (exact) mass is 368 g/mol. The molecular formula is C18H20N6O3.